The Balaban J connectivity index is 2.88. The molecule has 1 heterocycles. The average Bonchev–Trinajstić information content (AvgIpc) is 2.42. The van der Waals surface area contributed by atoms with Crippen molar-refractivity contribution in [3.05, 3.63) is 28.5 Å². The van der Waals surface area contributed by atoms with Crippen LogP contribution in [0.5, 0.6) is 0 Å². The van der Waals surface area contributed by atoms with E-state index in [4.69, 9.17) is 11.6 Å². The van der Waals surface area contributed by atoms with E-state index in [9.17, 15) is 4.79 Å². The molecule has 0 bridgehead atoms. The second-order valence-corrected chi connectivity index (χ2v) is 4.07. The van der Waals surface area contributed by atoms with Crippen LogP contribution in [-0.4, -0.2) is 15.3 Å². The maximum absolute atomic E-state index is 11.3. The van der Waals surface area contributed by atoms with E-state index in [2.05, 4.69) is 4.98 Å². The molecule has 1 aromatic heterocycles. The standard InChI is InChI=1S/C11H11ClN2O/c1-6-4-8(12)10-9(5-6)13-11(7(2)15)14(10)3/h4-5H,1-3H3. The minimum atomic E-state index is -0.0533. The van der Waals surface area contributed by atoms with Gasteiger partial charge in [0.25, 0.3) is 0 Å². The summed E-state index contributed by atoms with van der Waals surface area (Å²) in [5, 5.41) is 0.632. The molecule has 2 aromatic rings. The van der Waals surface area contributed by atoms with E-state index in [1.807, 2.05) is 19.1 Å². The van der Waals surface area contributed by atoms with Crippen LogP contribution in [0.2, 0.25) is 5.02 Å². The zero-order chi connectivity index (χ0) is 11.2. The predicted octanol–water partition coefficient (Wildman–Crippen LogP) is 2.74. The van der Waals surface area contributed by atoms with Crippen molar-refractivity contribution in [2.75, 3.05) is 0 Å². The Kier molecular flexibility index (Phi) is 2.27. The van der Waals surface area contributed by atoms with Crippen molar-refractivity contribution in [1.29, 1.82) is 0 Å². The summed E-state index contributed by atoms with van der Waals surface area (Å²) in [6.07, 6.45) is 0. The molecule has 0 saturated carbocycles. The van der Waals surface area contributed by atoms with Gasteiger partial charge in [0, 0.05) is 14.0 Å². The molecule has 0 aliphatic carbocycles. The Morgan fingerprint density at radius 1 is 1.47 bits per heavy atom. The number of hydrogen-bond acceptors (Lipinski definition) is 2. The number of aryl methyl sites for hydroxylation is 2. The molecule has 2 rings (SSSR count). The summed E-state index contributed by atoms with van der Waals surface area (Å²) in [5.74, 6) is 0.389. The highest BCUT2D eigenvalue weighted by Crippen LogP contribution is 2.25. The SMILES string of the molecule is CC(=O)c1nc2cc(C)cc(Cl)c2n1C. The first-order valence-electron chi connectivity index (χ1n) is 4.64. The molecule has 15 heavy (non-hydrogen) atoms. The van der Waals surface area contributed by atoms with Gasteiger partial charge < -0.3 is 4.57 Å². The summed E-state index contributed by atoms with van der Waals surface area (Å²) in [6.45, 7) is 3.45. The molecule has 0 unspecified atom stereocenters. The molecule has 4 heteroatoms. The number of halogens is 1. The van der Waals surface area contributed by atoms with Crippen LogP contribution >= 0.6 is 11.6 Å². The summed E-state index contributed by atoms with van der Waals surface area (Å²) >= 11 is 6.11. The van der Waals surface area contributed by atoms with Crippen LogP contribution in [0.15, 0.2) is 12.1 Å². The number of fused-ring (bicyclic) bond motifs is 1. The van der Waals surface area contributed by atoms with Gasteiger partial charge in [-0.15, -0.1) is 0 Å². The maximum Gasteiger partial charge on any atom is 0.195 e. The smallest absolute Gasteiger partial charge is 0.195 e. The summed E-state index contributed by atoms with van der Waals surface area (Å²) in [7, 11) is 1.80. The van der Waals surface area contributed by atoms with Crippen molar-refractivity contribution in [2.24, 2.45) is 7.05 Å². The minimum absolute atomic E-state index is 0.0533. The molecule has 0 N–H and O–H groups in total. The Labute approximate surface area is 92.7 Å². The van der Waals surface area contributed by atoms with Crippen LogP contribution in [0.1, 0.15) is 23.1 Å². The van der Waals surface area contributed by atoms with Crippen LogP contribution in [0.25, 0.3) is 11.0 Å². The summed E-state index contributed by atoms with van der Waals surface area (Å²) < 4.78 is 1.74. The van der Waals surface area contributed by atoms with Gasteiger partial charge in [0.1, 0.15) is 0 Å². The van der Waals surface area contributed by atoms with Gasteiger partial charge >= 0.3 is 0 Å². The molecule has 78 valence electrons. The quantitative estimate of drug-likeness (QED) is 0.696. The van der Waals surface area contributed by atoms with Gasteiger partial charge in [0.15, 0.2) is 11.6 Å². The molecule has 3 nitrogen and oxygen atoms in total. The van der Waals surface area contributed by atoms with E-state index in [0.29, 0.717) is 10.8 Å². The van der Waals surface area contributed by atoms with E-state index in [1.165, 1.54) is 6.92 Å². The second-order valence-electron chi connectivity index (χ2n) is 3.67. The molecular weight excluding hydrogens is 212 g/mol. The van der Waals surface area contributed by atoms with E-state index in [-0.39, 0.29) is 5.78 Å². The number of Topliss-reactive ketones (excluding diaryl/α,β-unsaturated/α-hetero) is 1. The molecule has 0 aliphatic rings. The number of aromatic nitrogens is 2. The first-order chi connectivity index (χ1) is 7.00. The second kappa shape index (κ2) is 3.35. The molecule has 0 atom stereocenters. The van der Waals surface area contributed by atoms with Crippen molar-refractivity contribution in [2.45, 2.75) is 13.8 Å². The van der Waals surface area contributed by atoms with Gasteiger partial charge in [0.05, 0.1) is 16.1 Å². The Morgan fingerprint density at radius 3 is 2.73 bits per heavy atom. The van der Waals surface area contributed by atoms with Crippen molar-refractivity contribution in [1.82, 2.24) is 9.55 Å². The summed E-state index contributed by atoms with van der Waals surface area (Å²) in [4.78, 5) is 15.6. The lowest BCUT2D eigenvalue weighted by Gasteiger charge is -2.00. The summed E-state index contributed by atoms with van der Waals surface area (Å²) in [5.41, 5.74) is 2.63. The molecule has 0 aliphatic heterocycles. The normalized spacial score (nSPS) is 10.9. The van der Waals surface area contributed by atoms with Crippen LogP contribution < -0.4 is 0 Å². The first-order valence-corrected chi connectivity index (χ1v) is 5.02. The number of ketones is 1. The van der Waals surface area contributed by atoms with E-state index in [1.54, 1.807) is 11.6 Å². The van der Waals surface area contributed by atoms with Crippen LogP contribution in [0.4, 0.5) is 0 Å². The first kappa shape index (κ1) is 10.2. The number of carbonyl (C=O) groups excluding carboxylic acids is 1. The topological polar surface area (TPSA) is 34.9 Å². The lowest BCUT2D eigenvalue weighted by atomic mass is 10.2. The minimum Gasteiger partial charge on any atom is -0.323 e. The fourth-order valence-corrected chi connectivity index (χ4v) is 2.14. The predicted molar refractivity (Wildman–Crippen MR) is 60.5 cm³/mol. The van der Waals surface area contributed by atoms with Crippen molar-refractivity contribution < 1.29 is 4.79 Å². The largest absolute Gasteiger partial charge is 0.323 e. The molecule has 0 fully saturated rings. The molecule has 0 spiro atoms. The van der Waals surface area contributed by atoms with Gasteiger partial charge in [-0.25, -0.2) is 4.98 Å². The van der Waals surface area contributed by atoms with Crippen LogP contribution in [0.3, 0.4) is 0 Å². The number of hydrogen-bond donors (Lipinski definition) is 0. The average molecular weight is 223 g/mol. The third-order valence-electron chi connectivity index (χ3n) is 2.38. The zero-order valence-corrected chi connectivity index (χ0v) is 9.59. The highest BCUT2D eigenvalue weighted by Gasteiger charge is 2.13. The van der Waals surface area contributed by atoms with E-state index in [0.717, 1.165) is 16.6 Å². The van der Waals surface area contributed by atoms with Gasteiger partial charge in [-0.3, -0.25) is 4.79 Å². The number of rotatable bonds is 1. The fraction of sp³-hybridized carbons (Fsp3) is 0.273. The van der Waals surface area contributed by atoms with E-state index >= 15 is 0 Å². The van der Waals surface area contributed by atoms with Crippen LogP contribution in [0, 0.1) is 6.92 Å². The highest BCUT2D eigenvalue weighted by molar-refractivity contribution is 6.35. The molecule has 0 radical (unpaired) electrons. The molecule has 0 amide bonds. The lowest BCUT2D eigenvalue weighted by Crippen LogP contribution is -2.02. The maximum atomic E-state index is 11.3. The highest BCUT2D eigenvalue weighted by atomic mass is 35.5. The van der Waals surface area contributed by atoms with Gasteiger partial charge in [0.2, 0.25) is 0 Å². The third kappa shape index (κ3) is 1.53. The van der Waals surface area contributed by atoms with Gasteiger partial charge in [-0.05, 0) is 24.6 Å². The Morgan fingerprint density at radius 2 is 2.13 bits per heavy atom. The number of benzene rings is 1. The summed E-state index contributed by atoms with van der Waals surface area (Å²) in [6, 6.07) is 3.79. The Hall–Kier alpha value is -1.35. The zero-order valence-electron chi connectivity index (χ0n) is 8.84. The molecule has 1 aromatic carbocycles. The van der Waals surface area contributed by atoms with E-state index < -0.39 is 0 Å². The number of imidazole rings is 1. The Bertz CT molecular complexity index is 557. The lowest BCUT2D eigenvalue weighted by molar-refractivity contribution is 0.100. The molecule has 0 saturated heterocycles. The third-order valence-corrected chi connectivity index (χ3v) is 2.67. The number of nitrogens with zero attached hydrogens (tertiary/aromatic N) is 2. The monoisotopic (exact) mass is 222 g/mol. The van der Waals surface area contributed by atoms with Crippen molar-refractivity contribution in [3.63, 3.8) is 0 Å². The van der Waals surface area contributed by atoms with Crippen LogP contribution in [-0.2, 0) is 7.05 Å². The van der Waals surface area contributed by atoms with Crippen molar-refractivity contribution >= 4 is 28.4 Å². The molecular formula is C11H11ClN2O. The van der Waals surface area contributed by atoms with Gasteiger partial charge in [-0.2, -0.15) is 0 Å². The van der Waals surface area contributed by atoms with Gasteiger partial charge in [-0.1, -0.05) is 11.6 Å². The number of carbonyl (C=O) groups is 1. The fourth-order valence-electron chi connectivity index (χ4n) is 1.74. The van der Waals surface area contributed by atoms with Crippen molar-refractivity contribution in [3.8, 4) is 0 Å².